The predicted molar refractivity (Wildman–Crippen MR) is 67.6 cm³/mol. The molecule has 0 fully saturated rings. The largest absolute Gasteiger partial charge is 0.236 e. The molecule has 2 nitrogen and oxygen atoms in total. The number of halogens is 2. The second kappa shape index (κ2) is 4.48. The lowest BCUT2D eigenvalue weighted by Crippen LogP contribution is -2.00. The van der Waals surface area contributed by atoms with Crippen molar-refractivity contribution in [1.29, 1.82) is 0 Å². The molecule has 1 aromatic carbocycles. The zero-order valence-electron chi connectivity index (χ0n) is 9.17. The van der Waals surface area contributed by atoms with Crippen LogP contribution in [-0.2, 0) is 5.88 Å². The van der Waals surface area contributed by atoms with E-state index in [1.807, 2.05) is 42.8 Å². The van der Waals surface area contributed by atoms with E-state index < -0.39 is 0 Å². The van der Waals surface area contributed by atoms with Crippen LogP contribution in [0.4, 0.5) is 0 Å². The summed E-state index contributed by atoms with van der Waals surface area (Å²) < 4.78 is 1.84. The minimum Gasteiger partial charge on any atom is -0.236 e. The Hall–Kier alpha value is -0.990. The van der Waals surface area contributed by atoms with Crippen molar-refractivity contribution in [2.45, 2.75) is 19.7 Å². The molecule has 2 rings (SSSR count). The monoisotopic (exact) mass is 254 g/mol. The highest BCUT2D eigenvalue weighted by Crippen LogP contribution is 2.23. The maximum absolute atomic E-state index is 6.20. The molecular formula is C12H12Cl2N2. The Balaban J connectivity index is 2.52. The van der Waals surface area contributed by atoms with E-state index in [0.717, 1.165) is 22.6 Å². The van der Waals surface area contributed by atoms with Gasteiger partial charge in [0.05, 0.1) is 16.4 Å². The van der Waals surface area contributed by atoms with Gasteiger partial charge >= 0.3 is 0 Å². The van der Waals surface area contributed by atoms with Crippen LogP contribution in [0.15, 0.2) is 24.3 Å². The highest BCUT2D eigenvalue weighted by Gasteiger charge is 2.08. The number of nitrogens with zero attached hydrogens (tertiary/aromatic N) is 2. The van der Waals surface area contributed by atoms with Gasteiger partial charge in [0.1, 0.15) is 0 Å². The fourth-order valence-corrected chi connectivity index (χ4v) is 2.13. The number of alkyl halides is 1. The minimum absolute atomic E-state index is 0.469. The molecule has 0 aliphatic carbocycles. The summed E-state index contributed by atoms with van der Waals surface area (Å²) in [6.07, 6.45) is 0. The van der Waals surface area contributed by atoms with Gasteiger partial charge in [0.2, 0.25) is 0 Å². The molecule has 0 saturated carbocycles. The molecule has 0 atom stereocenters. The smallest absolute Gasteiger partial charge is 0.0835 e. The predicted octanol–water partition coefficient (Wildman–Crippen LogP) is 3.88. The van der Waals surface area contributed by atoms with Crippen LogP contribution in [-0.4, -0.2) is 9.78 Å². The first-order valence-electron chi connectivity index (χ1n) is 5.00. The van der Waals surface area contributed by atoms with Crippen molar-refractivity contribution in [2.75, 3.05) is 0 Å². The average Bonchev–Trinajstić information content (AvgIpc) is 2.57. The summed E-state index contributed by atoms with van der Waals surface area (Å²) in [6, 6.07) is 7.80. The Bertz CT molecular complexity index is 518. The SMILES string of the molecule is Cc1cc(C)n(-c2ccc(CCl)cc2Cl)n1. The second-order valence-electron chi connectivity index (χ2n) is 3.76. The van der Waals surface area contributed by atoms with Crippen LogP contribution in [0.5, 0.6) is 0 Å². The zero-order valence-corrected chi connectivity index (χ0v) is 10.7. The van der Waals surface area contributed by atoms with E-state index in [1.54, 1.807) is 0 Å². The van der Waals surface area contributed by atoms with Crippen LogP contribution in [0.25, 0.3) is 5.69 Å². The topological polar surface area (TPSA) is 17.8 Å². The average molecular weight is 255 g/mol. The highest BCUT2D eigenvalue weighted by atomic mass is 35.5. The van der Waals surface area contributed by atoms with Gasteiger partial charge in [-0.15, -0.1) is 11.6 Å². The minimum atomic E-state index is 0.469. The van der Waals surface area contributed by atoms with Crippen molar-refractivity contribution in [3.8, 4) is 5.69 Å². The molecule has 0 amide bonds. The van der Waals surface area contributed by atoms with E-state index in [1.165, 1.54) is 0 Å². The molecular weight excluding hydrogens is 243 g/mol. The third-order valence-corrected chi connectivity index (χ3v) is 3.02. The first kappa shape index (κ1) is 11.5. The van der Waals surface area contributed by atoms with Crippen molar-refractivity contribution in [1.82, 2.24) is 9.78 Å². The normalized spacial score (nSPS) is 10.8. The summed E-state index contributed by atoms with van der Waals surface area (Å²) in [5.74, 6) is 0.469. The Morgan fingerprint density at radius 1 is 1.25 bits per heavy atom. The van der Waals surface area contributed by atoms with Crippen LogP contribution < -0.4 is 0 Å². The first-order valence-corrected chi connectivity index (χ1v) is 5.91. The maximum atomic E-state index is 6.20. The molecule has 16 heavy (non-hydrogen) atoms. The van der Waals surface area contributed by atoms with Gasteiger partial charge in [0, 0.05) is 11.6 Å². The van der Waals surface area contributed by atoms with Crippen LogP contribution in [0.2, 0.25) is 5.02 Å². The zero-order chi connectivity index (χ0) is 11.7. The molecule has 1 heterocycles. The van der Waals surface area contributed by atoms with E-state index >= 15 is 0 Å². The molecule has 0 radical (unpaired) electrons. The standard InChI is InChI=1S/C12H12Cl2N2/c1-8-5-9(2)16(15-8)12-4-3-10(7-13)6-11(12)14/h3-6H,7H2,1-2H3. The quantitative estimate of drug-likeness (QED) is 0.744. The van der Waals surface area contributed by atoms with Crippen LogP contribution in [0.3, 0.4) is 0 Å². The molecule has 0 spiro atoms. The summed E-state index contributed by atoms with van der Waals surface area (Å²) in [5.41, 5.74) is 3.95. The summed E-state index contributed by atoms with van der Waals surface area (Å²) in [7, 11) is 0. The molecule has 0 N–H and O–H groups in total. The van der Waals surface area contributed by atoms with Gasteiger partial charge in [-0.2, -0.15) is 5.10 Å². The van der Waals surface area contributed by atoms with Crippen molar-refractivity contribution >= 4 is 23.2 Å². The molecule has 1 aromatic heterocycles. The summed E-state index contributed by atoms with van der Waals surface area (Å²) in [5, 5.41) is 5.07. The number of aryl methyl sites for hydroxylation is 2. The number of aromatic nitrogens is 2. The number of rotatable bonds is 2. The Morgan fingerprint density at radius 3 is 2.50 bits per heavy atom. The molecule has 0 aliphatic heterocycles. The molecule has 0 aliphatic rings. The lowest BCUT2D eigenvalue weighted by molar-refractivity contribution is 0.833. The van der Waals surface area contributed by atoms with Gasteiger partial charge in [0.25, 0.3) is 0 Å². The molecule has 0 saturated heterocycles. The Kier molecular flexibility index (Phi) is 3.22. The molecule has 84 valence electrons. The number of hydrogen-bond donors (Lipinski definition) is 0. The van der Waals surface area contributed by atoms with Gasteiger partial charge in [-0.25, -0.2) is 4.68 Å². The van der Waals surface area contributed by atoms with E-state index in [9.17, 15) is 0 Å². The summed E-state index contributed by atoms with van der Waals surface area (Å²) >= 11 is 12.0. The van der Waals surface area contributed by atoms with Gasteiger partial charge in [-0.3, -0.25) is 0 Å². The lowest BCUT2D eigenvalue weighted by Gasteiger charge is -2.07. The third-order valence-electron chi connectivity index (χ3n) is 2.40. The van der Waals surface area contributed by atoms with Crippen molar-refractivity contribution in [2.24, 2.45) is 0 Å². The van der Waals surface area contributed by atoms with Gasteiger partial charge in [-0.05, 0) is 37.6 Å². The summed E-state index contributed by atoms with van der Waals surface area (Å²) in [6.45, 7) is 3.97. The maximum Gasteiger partial charge on any atom is 0.0835 e. The number of benzene rings is 1. The third kappa shape index (κ3) is 2.08. The molecule has 0 unspecified atom stereocenters. The van der Waals surface area contributed by atoms with Crippen molar-refractivity contribution in [3.63, 3.8) is 0 Å². The van der Waals surface area contributed by atoms with Gasteiger partial charge in [0.15, 0.2) is 0 Å². The Labute approximate surface area is 105 Å². The molecule has 0 bridgehead atoms. The molecule has 2 aromatic rings. The van der Waals surface area contributed by atoms with E-state index in [2.05, 4.69) is 5.10 Å². The van der Waals surface area contributed by atoms with Crippen molar-refractivity contribution in [3.05, 3.63) is 46.2 Å². The van der Waals surface area contributed by atoms with Gasteiger partial charge in [-0.1, -0.05) is 17.7 Å². The summed E-state index contributed by atoms with van der Waals surface area (Å²) in [4.78, 5) is 0. The van der Waals surface area contributed by atoms with Crippen molar-refractivity contribution < 1.29 is 0 Å². The second-order valence-corrected chi connectivity index (χ2v) is 4.43. The van der Waals surface area contributed by atoms with E-state index in [4.69, 9.17) is 23.2 Å². The van der Waals surface area contributed by atoms with E-state index in [-0.39, 0.29) is 0 Å². The first-order chi connectivity index (χ1) is 7.61. The van der Waals surface area contributed by atoms with Gasteiger partial charge < -0.3 is 0 Å². The Morgan fingerprint density at radius 2 is 2.00 bits per heavy atom. The fourth-order valence-electron chi connectivity index (χ4n) is 1.68. The van der Waals surface area contributed by atoms with Crippen LogP contribution in [0.1, 0.15) is 17.0 Å². The highest BCUT2D eigenvalue weighted by molar-refractivity contribution is 6.32. The van der Waals surface area contributed by atoms with Crippen LogP contribution in [0, 0.1) is 13.8 Å². The molecule has 4 heteroatoms. The van der Waals surface area contributed by atoms with Crippen LogP contribution >= 0.6 is 23.2 Å². The lowest BCUT2D eigenvalue weighted by atomic mass is 10.2. The fraction of sp³-hybridized carbons (Fsp3) is 0.250. The van der Waals surface area contributed by atoms with E-state index in [0.29, 0.717) is 10.9 Å². The number of hydrogen-bond acceptors (Lipinski definition) is 1.